The molecule has 1 aromatic rings. The van der Waals surface area contributed by atoms with Gasteiger partial charge in [-0.1, -0.05) is 45.9 Å². The smallest absolute Gasteiger partial charge is 0.00714 e. The summed E-state index contributed by atoms with van der Waals surface area (Å²) in [5.41, 5.74) is 10.7. The van der Waals surface area contributed by atoms with Crippen molar-refractivity contribution in [2.75, 3.05) is 6.54 Å². The summed E-state index contributed by atoms with van der Waals surface area (Å²) in [4.78, 5) is 0. The van der Waals surface area contributed by atoms with Gasteiger partial charge in [0.1, 0.15) is 0 Å². The van der Waals surface area contributed by atoms with Crippen molar-refractivity contribution in [2.24, 2.45) is 5.73 Å². The predicted octanol–water partition coefficient (Wildman–Crippen LogP) is 4.31. The molecule has 0 fully saturated rings. The van der Waals surface area contributed by atoms with Crippen molar-refractivity contribution in [3.05, 3.63) is 34.9 Å². The third-order valence-electron chi connectivity index (χ3n) is 4.54. The van der Waals surface area contributed by atoms with E-state index in [0.29, 0.717) is 17.3 Å². The van der Waals surface area contributed by atoms with Gasteiger partial charge in [-0.3, -0.25) is 0 Å². The molecule has 0 saturated carbocycles. The van der Waals surface area contributed by atoms with Gasteiger partial charge in [-0.05, 0) is 59.7 Å². The van der Waals surface area contributed by atoms with E-state index in [0.717, 1.165) is 13.0 Å². The maximum atomic E-state index is 5.78. The molecule has 0 aliphatic heterocycles. The highest BCUT2D eigenvalue weighted by atomic mass is 14.5. The molecule has 1 nitrogen and oxygen atoms in total. The lowest BCUT2D eigenvalue weighted by Gasteiger charge is -2.37. The minimum Gasteiger partial charge on any atom is -0.330 e. The number of fused-ring (bicyclic) bond motifs is 1. The Hall–Kier alpha value is -0.820. The van der Waals surface area contributed by atoms with E-state index in [-0.39, 0.29) is 0 Å². The van der Waals surface area contributed by atoms with Gasteiger partial charge in [-0.25, -0.2) is 0 Å². The SMILES string of the molecule is CC(C)c1ccc2c(c1)C(CCN)CCC2(C)C. The maximum Gasteiger partial charge on any atom is -0.00714 e. The Labute approximate surface area is 112 Å². The molecule has 1 unspecified atom stereocenters. The standard InChI is InChI=1S/C17H27N/c1-12(2)14-5-6-16-15(11-14)13(8-10-18)7-9-17(16,3)4/h5-6,11-13H,7-10,18H2,1-4H3. The van der Waals surface area contributed by atoms with Crippen LogP contribution >= 0.6 is 0 Å². The van der Waals surface area contributed by atoms with Crippen LogP contribution in [0.5, 0.6) is 0 Å². The highest BCUT2D eigenvalue weighted by Crippen LogP contribution is 2.44. The second-order valence-corrected chi connectivity index (χ2v) is 6.70. The zero-order valence-corrected chi connectivity index (χ0v) is 12.3. The summed E-state index contributed by atoms with van der Waals surface area (Å²) >= 11 is 0. The summed E-state index contributed by atoms with van der Waals surface area (Å²) in [6.45, 7) is 10.1. The first kappa shape index (κ1) is 13.6. The summed E-state index contributed by atoms with van der Waals surface area (Å²) < 4.78 is 0. The highest BCUT2D eigenvalue weighted by Gasteiger charge is 2.32. The number of benzene rings is 1. The van der Waals surface area contributed by atoms with E-state index in [9.17, 15) is 0 Å². The van der Waals surface area contributed by atoms with E-state index in [4.69, 9.17) is 5.73 Å². The highest BCUT2D eigenvalue weighted by molar-refractivity contribution is 5.42. The van der Waals surface area contributed by atoms with Crippen molar-refractivity contribution < 1.29 is 0 Å². The van der Waals surface area contributed by atoms with Crippen LogP contribution in [0, 0.1) is 0 Å². The van der Waals surface area contributed by atoms with E-state index < -0.39 is 0 Å². The van der Waals surface area contributed by atoms with Crippen molar-refractivity contribution in [1.29, 1.82) is 0 Å². The predicted molar refractivity (Wildman–Crippen MR) is 79.2 cm³/mol. The third kappa shape index (κ3) is 2.47. The van der Waals surface area contributed by atoms with Gasteiger partial charge in [0, 0.05) is 0 Å². The molecular weight excluding hydrogens is 218 g/mol. The van der Waals surface area contributed by atoms with E-state index in [1.165, 1.54) is 18.4 Å². The fourth-order valence-electron chi connectivity index (χ4n) is 3.22. The molecule has 1 heteroatoms. The van der Waals surface area contributed by atoms with Crippen LogP contribution in [-0.4, -0.2) is 6.54 Å². The fraction of sp³-hybridized carbons (Fsp3) is 0.647. The van der Waals surface area contributed by atoms with E-state index in [1.807, 2.05) is 0 Å². The molecule has 18 heavy (non-hydrogen) atoms. The van der Waals surface area contributed by atoms with Gasteiger partial charge >= 0.3 is 0 Å². The molecule has 0 radical (unpaired) electrons. The lowest BCUT2D eigenvalue weighted by atomic mass is 9.67. The Morgan fingerprint density at radius 3 is 2.67 bits per heavy atom. The molecular formula is C17H27N. The van der Waals surface area contributed by atoms with Crippen LogP contribution < -0.4 is 5.73 Å². The first-order chi connectivity index (χ1) is 8.45. The summed E-state index contributed by atoms with van der Waals surface area (Å²) in [6.07, 6.45) is 3.70. The fourth-order valence-corrected chi connectivity index (χ4v) is 3.22. The first-order valence-corrected chi connectivity index (χ1v) is 7.30. The van der Waals surface area contributed by atoms with E-state index in [1.54, 1.807) is 11.1 Å². The second-order valence-electron chi connectivity index (χ2n) is 6.70. The minimum absolute atomic E-state index is 0.329. The van der Waals surface area contributed by atoms with Crippen LogP contribution in [0.25, 0.3) is 0 Å². The Kier molecular flexibility index (Phi) is 3.82. The number of hydrogen-bond acceptors (Lipinski definition) is 1. The average Bonchev–Trinajstić information content (AvgIpc) is 2.32. The van der Waals surface area contributed by atoms with Gasteiger partial charge in [-0.15, -0.1) is 0 Å². The third-order valence-corrected chi connectivity index (χ3v) is 4.54. The van der Waals surface area contributed by atoms with Crippen LogP contribution in [0.3, 0.4) is 0 Å². The van der Waals surface area contributed by atoms with Gasteiger partial charge in [0.05, 0.1) is 0 Å². The molecule has 0 amide bonds. The first-order valence-electron chi connectivity index (χ1n) is 7.30. The van der Waals surface area contributed by atoms with E-state index >= 15 is 0 Å². The quantitative estimate of drug-likeness (QED) is 0.843. The summed E-state index contributed by atoms with van der Waals surface area (Å²) in [5.74, 6) is 1.29. The van der Waals surface area contributed by atoms with Crippen molar-refractivity contribution in [3.63, 3.8) is 0 Å². The second kappa shape index (κ2) is 5.05. The topological polar surface area (TPSA) is 26.0 Å². The van der Waals surface area contributed by atoms with Crippen molar-refractivity contribution in [3.8, 4) is 0 Å². The molecule has 1 aliphatic rings. The molecule has 0 bridgehead atoms. The number of hydrogen-bond donors (Lipinski definition) is 1. The van der Waals surface area contributed by atoms with Gasteiger partial charge in [0.25, 0.3) is 0 Å². The lowest BCUT2D eigenvalue weighted by molar-refractivity contribution is 0.383. The molecule has 0 heterocycles. The summed E-state index contributed by atoms with van der Waals surface area (Å²) in [5, 5.41) is 0. The molecule has 2 rings (SSSR count). The normalized spacial score (nSPS) is 22.0. The van der Waals surface area contributed by atoms with Gasteiger partial charge in [0.15, 0.2) is 0 Å². The summed E-state index contributed by atoms with van der Waals surface area (Å²) in [6, 6.07) is 7.13. The van der Waals surface area contributed by atoms with Gasteiger partial charge in [-0.2, -0.15) is 0 Å². The Bertz CT molecular complexity index is 418. The zero-order chi connectivity index (χ0) is 13.3. The molecule has 0 saturated heterocycles. The van der Waals surface area contributed by atoms with Crippen molar-refractivity contribution in [1.82, 2.24) is 0 Å². The minimum atomic E-state index is 0.329. The van der Waals surface area contributed by atoms with Crippen LogP contribution in [0.4, 0.5) is 0 Å². The molecule has 1 atom stereocenters. The van der Waals surface area contributed by atoms with Gasteiger partial charge in [0.2, 0.25) is 0 Å². The lowest BCUT2D eigenvalue weighted by Crippen LogP contribution is -2.27. The average molecular weight is 245 g/mol. The molecule has 2 N–H and O–H groups in total. The molecule has 0 spiro atoms. The van der Waals surface area contributed by atoms with Crippen LogP contribution in [-0.2, 0) is 5.41 Å². The Balaban J connectivity index is 2.46. The van der Waals surface area contributed by atoms with Gasteiger partial charge < -0.3 is 5.73 Å². The van der Waals surface area contributed by atoms with E-state index in [2.05, 4.69) is 45.9 Å². The summed E-state index contributed by atoms with van der Waals surface area (Å²) in [7, 11) is 0. The number of rotatable bonds is 3. The maximum absolute atomic E-state index is 5.78. The largest absolute Gasteiger partial charge is 0.330 e. The van der Waals surface area contributed by atoms with Crippen LogP contribution in [0.1, 0.15) is 75.5 Å². The van der Waals surface area contributed by atoms with Crippen LogP contribution in [0.2, 0.25) is 0 Å². The molecule has 1 aliphatic carbocycles. The Morgan fingerprint density at radius 2 is 2.06 bits per heavy atom. The number of nitrogens with two attached hydrogens (primary N) is 1. The molecule has 0 aromatic heterocycles. The monoisotopic (exact) mass is 245 g/mol. The zero-order valence-electron chi connectivity index (χ0n) is 12.3. The van der Waals surface area contributed by atoms with Crippen LogP contribution in [0.15, 0.2) is 18.2 Å². The van der Waals surface area contributed by atoms with Crippen molar-refractivity contribution in [2.45, 2.75) is 64.2 Å². The molecule has 1 aromatic carbocycles. The van der Waals surface area contributed by atoms with Crippen molar-refractivity contribution >= 4 is 0 Å². The molecule has 100 valence electrons. The Morgan fingerprint density at radius 1 is 1.33 bits per heavy atom.